The molecule has 2 aromatic rings. The van der Waals surface area contributed by atoms with Gasteiger partial charge in [0.2, 0.25) is 0 Å². The molecule has 0 saturated carbocycles. The highest BCUT2D eigenvalue weighted by atomic mass is 31.2. The van der Waals surface area contributed by atoms with Crippen LogP contribution in [0.4, 0.5) is 0 Å². The largest absolute Gasteiger partial charge is 0.465 e. The molecule has 10 nitrogen and oxygen atoms in total. The van der Waals surface area contributed by atoms with Crippen LogP contribution in [0.3, 0.4) is 0 Å². The summed E-state index contributed by atoms with van der Waals surface area (Å²) < 4.78 is 23.8. The van der Waals surface area contributed by atoms with Gasteiger partial charge in [-0.3, -0.25) is 14.6 Å². The molecule has 0 radical (unpaired) electrons. The number of esters is 1. The molecular formula is C21H30N3O7P. The summed E-state index contributed by atoms with van der Waals surface area (Å²) in [4.78, 5) is 37.4. The highest BCUT2D eigenvalue weighted by Gasteiger charge is 2.24. The molecule has 2 N–H and O–H groups in total. The van der Waals surface area contributed by atoms with Gasteiger partial charge in [-0.05, 0) is 31.9 Å². The van der Waals surface area contributed by atoms with Crippen molar-refractivity contribution < 1.29 is 23.3 Å². The normalized spacial score (nSPS) is 13.8. The molecule has 0 bridgehead atoms. The number of benzene rings is 1. The van der Waals surface area contributed by atoms with Crippen molar-refractivity contribution in [2.75, 3.05) is 20.3 Å². The van der Waals surface area contributed by atoms with Gasteiger partial charge in [0.05, 0.1) is 19.3 Å². The number of nitrogens with zero attached hydrogens (tertiary/aromatic N) is 1. The highest BCUT2D eigenvalue weighted by molar-refractivity contribution is 7.45. The Morgan fingerprint density at radius 1 is 1.22 bits per heavy atom. The highest BCUT2D eigenvalue weighted by Crippen LogP contribution is 2.36. The summed E-state index contributed by atoms with van der Waals surface area (Å²) in [6.45, 7) is 4.45. The molecule has 3 unspecified atom stereocenters. The summed E-state index contributed by atoms with van der Waals surface area (Å²) >= 11 is 0. The Bertz CT molecular complexity index is 935. The van der Waals surface area contributed by atoms with E-state index in [1.807, 2.05) is 25.1 Å². The number of para-hydroxylation sites is 1. The van der Waals surface area contributed by atoms with E-state index >= 15 is 0 Å². The third-order valence-electron chi connectivity index (χ3n) is 4.33. The molecule has 2 rings (SSSR count). The average Bonchev–Trinajstić information content (AvgIpc) is 2.79. The van der Waals surface area contributed by atoms with Crippen molar-refractivity contribution in [3.63, 3.8) is 0 Å². The average molecular weight is 467 g/mol. The summed E-state index contributed by atoms with van der Waals surface area (Å²) in [5, 5.41) is 3.04. The lowest BCUT2D eigenvalue weighted by Crippen LogP contribution is -2.34. The number of carbonyl (C=O) groups excluding carboxylic acids is 1. The quantitative estimate of drug-likeness (QED) is 0.320. The zero-order valence-electron chi connectivity index (χ0n) is 18.5. The summed E-state index contributed by atoms with van der Waals surface area (Å²) in [7, 11) is -0.141. The van der Waals surface area contributed by atoms with E-state index in [2.05, 4.69) is 10.1 Å². The first-order chi connectivity index (χ1) is 15.4. The van der Waals surface area contributed by atoms with Crippen molar-refractivity contribution in [3.8, 4) is 5.75 Å². The van der Waals surface area contributed by atoms with Crippen LogP contribution in [0.1, 0.15) is 26.7 Å². The fraction of sp³-hybridized carbons (Fsp3) is 0.476. The van der Waals surface area contributed by atoms with E-state index < -0.39 is 25.8 Å². The third-order valence-corrected chi connectivity index (χ3v) is 5.69. The van der Waals surface area contributed by atoms with Crippen LogP contribution in [-0.4, -0.2) is 48.0 Å². The van der Waals surface area contributed by atoms with Gasteiger partial charge in [0.25, 0.3) is 5.56 Å². The summed E-state index contributed by atoms with van der Waals surface area (Å²) in [5.74, 6) is 0.203. The second-order valence-corrected chi connectivity index (χ2v) is 8.14. The summed E-state index contributed by atoms with van der Waals surface area (Å²) in [5.41, 5.74) is -0.928. The van der Waals surface area contributed by atoms with E-state index in [1.165, 1.54) is 16.8 Å². The van der Waals surface area contributed by atoms with Gasteiger partial charge in [-0.1, -0.05) is 25.1 Å². The van der Waals surface area contributed by atoms with Crippen molar-refractivity contribution in [1.29, 1.82) is 0 Å². The Kier molecular flexibility index (Phi) is 11.1. The topological polar surface area (TPSA) is 121 Å². The Hall–Kier alpha value is -2.52. The molecular weight excluding hydrogens is 437 g/mol. The molecule has 1 aromatic carbocycles. The van der Waals surface area contributed by atoms with E-state index in [9.17, 15) is 14.4 Å². The first kappa shape index (κ1) is 25.7. The number of nitrogens with one attached hydrogen (secondary N) is 2. The first-order valence-electron chi connectivity index (χ1n) is 10.3. The Morgan fingerprint density at radius 3 is 2.62 bits per heavy atom. The maximum Gasteiger partial charge on any atom is 0.328 e. The van der Waals surface area contributed by atoms with Crippen molar-refractivity contribution in [2.45, 2.75) is 45.4 Å². The van der Waals surface area contributed by atoms with Crippen LogP contribution in [0.5, 0.6) is 5.75 Å². The van der Waals surface area contributed by atoms with Gasteiger partial charge in [-0.25, -0.2) is 9.88 Å². The predicted octanol–water partition coefficient (Wildman–Crippen LogP) is 2.20. The monoisotopic (exact) mass is 467 g/mol. The van der Waals surface area contributed by atoms with Crippen molar-refractivity contribution in [2.24, 2.45) is 0 Å². The number of H-pyrrole nitrogens is 1. The fourth-order valence-electron chi connectivity index (χ4n) is 2.53. The van der Waals surface area contributed by atoms with Crippen LogP contribution >= 0.6 is 8.53 Å². The molecule has 1 aromatic heterocycles. The Balaban J connectivity index is 1.97. The van der Waals surface area contributed by atoms with Gasteiger partial charge in [-0.2, -0.15) is 0 Å². The lowest BCUT2D eigenvalue weighted by atomic mass is 10.2. The lowest BCUT2D eigenvalue weighted by Gasteiger charge is -2.24. The van der Waals surface area contributed by atoms with Crippen LogP contribution < -0.4 is 20.9 Å². The molecule has 0 fully saturated rings. The summed E-state index contributed by atoms with van der Waals surface area (Å²) in [6, 6.07) is 9.78. The molecule has 0 aliphatic heterocycles. The van der Waals surface area contributed by atoms with Gasteiger partial charge in [-0.15, -0.1) is 0 Å². The van der Waals surface area contributed by atoms with Gasteiger partial charge in [0.15, 0.2) is 0 Å². The van der Waals surface area contributed by atoms with Crippen molar-refractivity contribution in [3.05, 3.63) is 63.4 Å². The van der Waals surface area contributed by atoms with Crippen LogP contribution in [0, 0.1) is 0 Å². The second-order valence-electron chi connectivity index (χ2n) is 6.93. The maximum absolute atomic E-state index is 12.1. The molecule has 0 spiro atoms. The van der Waals surface area contributed by atoms with E-state index in [1.54, 1.807) is 26.2 Å². The second kappa shape index (κ2) is 13.8. The molecule has 1 heterocycles. The standard InChI is InChI=1S/C21H30N3O7P/c1-4-14-29-20(26)16(2)23-32(31-17-8-6-5-7-9-17)30-15-18(28-3)10-12-24-13-11-19(25)22-21(24)27/h5-9,11,13,16,18,23H,4,10,12,14-15H2,1-3H3,(H,22,25,27). The number of aromatic nitrogens is 2. The number of methoxy groups -OCH3 is 1. The zero-order valence-corrected chi connectivity index (χ0v) is 19.4. The minimum Gasteiger partial charge on any atom is -0.465 e. The molecule has 11 heteroatoms. The lowest BCUT2D eigenvalue weighted by molar-refractivity contribution is -0.145. The molecule has 0 aliphatic carbocycles. The molecule has 0 aliphatic rings. The minimum atomic E-state index is -1.68. The van der Waals surface area contributed by atoms with Crippen molar-refractivity contribution >= 4 is 14.5 Å². The van der Waals surface area contributed by atoms with Gasteiger partial charge >= 0.3 is 20.2 Å². The van der Waals surface area contributed by atoms with Crippen LogP contribution in [0.15, 0.2) is 52.2 Å². The van der Waals surface area contributed by atoms with Gasteiger partial charge in [0, 0.05) is 25.9 Å². The van der Waals surface area contributed by atoms with E-state index in [4.69, 9.17) is 18.5 Å². The van der Waals surface area contributed by atoms with E-state index in [-0.39, 0.29) is 18.7 Å². The number of ether oxygens (including phenoxy) is 2. The van der Waals surface area contributed by atoms with Gasteiger partial charge in [0.1, 0.15) is 11.8 Å². The predicted molar refractivity (Wildman–Crippen MR) is 121 cm³/mol. The number of hydrogen-bond acceptors (Lipinski definition) is 8. The maximum atomic E-state index is 12.1. The molecule has 176 valence electrons. The Labute approximate surface area is 187 Å². The fourth-order valence-corrected chi connectivity index (χ4v) is 3.75. The number of carbonyl (C=O) groups is 1. The minimum absolute atomic E-state index is 0.164. The smallest absolute Gasteiger partial charge is 0.328 e. The third kappa shape index (κ3) is 8.92. The van der Waals surface area contributed by atoms with Crippen molar-refractivity contribution in [1.82, 2.24) is 14.6 Å². The molecule has 0 amide bonds. The van der Waals surface area contributed by atoms with E-state index in [0.717, 1.165) is 6.42 Å². The molecule has 32 heavy (non-hydrogen) atoms. The number of rotatable bonds is 14. The number of aromatic amines is 1. The Morgan fingerprint density at radius 2 is 1.97 bits per heavy atom. The molecule has 0 saturated heterocycles. The van der Waals surface area contributed by atoms with E-state index in [0.29, 0.717) is 25.3 Å². The number of hydrogen-bond donors (Lipinski definition) is 2. The SMILES string of the molecule is CCCOC(=O)C(C)NP(OCC(CCn1ccc(=O)[nH]c1=O)OC)Oc1ccccc1. The van der Waals surface area contributed by atoms with Crippen LogP contribution in [-0.2, 0) is 25.3 Å². The first-order valence-corrected chi connectivity index (χ1v) is 11.5. The van der Waals surface area contributed by atoms with Gasteiger partial charge < -0.3 is 23.1 Å². The van der Waals surface area contributed by atoms with Crippen LogP contribution in [0.2, 0.25) is 0 Å². The van der Waals surface area contributed by atoms with Crippen LogP contribution in [0.25, 0.3) is 0 Å². The zero-order chi connectivity index (χ0) is 23.3. The molecule has 3 atom stereocenters. The number of aryl methyl sites for hydroxylation is 1. The summed E-state index contributed by atoms with van der Waals surface area (Å²) in [6.07, 6.45) is 2.29.